The summed E-state index contributed by atoms with van der Waals surface area (Å²) < 4.78 is 11.9. The SMILES string of the molecule is CCCCCCOc1c(OC)cc(NC(C)CCCN)c2nccc(C)c12.O=C(O)/C=C/C(=O)O. The Balaban J connectivity index is 0.000000658. The van der Waals surface area contributed by atoms with Gasteiger partial charge in [-0.2, -0.15) is 0 Å². The minimum Gasteiger partial charge on any atom is -0.493 e. The highest BCUT2D eigenvalue weighted by atomic mass is 16.5. The summed E-state index contributed by atoms with van der Waals surface area (Å²) in [7, 11) is 1.69. The van der Waals surface area contributed by atoms with Crippen LogP contribution in [0.5, 0.6) is 11.5 Å². The number of nitrogens with two attached hydrogens (primary N) is 1. The number of hydrogen-bond donors (Lipinski definition) is 4. The van der Waals surface area contributed by atoms with Gasteiger partial charge in [0.15, 0.2) is 11.5 Å². The molecule has 2 aromatic rings. The maximum Gasteiger partial charge on any atom is 0.328 e. The van der Waals surface area contributed by atoms with Crippen molar-refractivity contribution >= 4 is 28.5 Å². The zero-order valence-electron chi connectivity index (χ0n) is 21.2. The number of nitrogens with zero attached hydrogens (tertiary/aromatic N) is 1. The van der Waals surface area contributed by atoms with E-state index in [1.807, 2.05) is 18.3 Å². The highest BCUT2D eigenvalue weighted by molar-refractivity contribution is 5.99. The number of aliphatic carboxylic acids is 2. The molecular formula is C26H39N3O6. The molecular weight excluding hydrogens is 450 g/mol. The topological polar surface area (TPSA) is 144 Å². The molecule has 0 amide bonds. The van der Waals surface area contributed by atoms with Gasteiger partial charge in [-0.15, -0.1) is 0 Å². The molecule has 35 heavy (non-hydrogen) atoms. The normalized spacial score (nSPS) is 11.6. The van der Waals surface area contributed by atoms with Crippen molar-refractivity contribution in [1.82, 2.24) is 4.98 Å². The number of methoxy groups -OCH3 is 1. The van der Waals surface area contributed by atoms with Crippen LogP contribution >= 0.6 is 0 Å². The number of pyridine rings is 1. The van der Waals surface area contributed by atoms with E-state index in [0.29, 0.717) is 31.3 Å². The molecule has 0 aliphatic heterocycles. The number of nitrogens with one attached hydrogen (secondary N) is 1. The fourth-order valence-electron chi connectivity index (χ4n) is 3.45. The van der Waals surface area contributed by atoms with E-state index in [9.17, 15) is 9.59 Å². The van der Waals surface area contributed by atoms with Crippen LogP contribution in [-0.2, 0) is 9.59 Å². The number of aryl methyl sites for hydroxylation is 1. The van der Waals surface area contributed by atoms with Gasteiger partial charge in [0.1, 0.15) is 0 Å². The van der Waals surface area contributed by atoms with Crippen molar-refractivity contribution in [2.24, 2.45) is 5.73 Å². The molecule has 0 spiro atoms. The number of ether oxygens (including phenoxy) is 2. The molecule has 1 atom stereocenters. The van der Waals surface area contributed by atoms with Crippen molar-refractivity contribution in [3.63, 3.8) is 0 Å². The fourth-order valence-corrected chi connectivity index (χ4v) is 3.45. The Hall–Kier alpha value is -3.33. The summed E-state index contributed by atoms with van der Waals surface area (Å²) in [4.78, 5) is 23.8. The van der Waals surface area contributed by atoms with E-state index in [2.05, 4.69) is 31.1 Å². The lowest BCUT2D eigenvalue weighted by Gasteiger charge is -2.20. The third-order valence-electron chi connectivity index (χ3n) is 5.22. The highest BCUT2D eigenvalue weighted by Crippen LogP contribution is 2.41. The Kier molecular flexibility index (Phi) is 13.9. The molecule has 1 aromatic heterocycles. The van der Waals surface area contributed by atoms with Gasteiger partial charge in [-0.1, -0.05) is 26.2 Å². The maximum absolute atomic E-state index is 9.55. The van der Waals surface area contributed by atoms with Crippen molar-refractivity contribution in [3.05, 3.63) is 36.0 Å². The quantitative estimate of drug-likeness (QED) is 0.218. The Morgan fingerprint density at radius 1 is 1.17 bits per heavy atom. The molecule has 2 rings (SSSR count). The summed E-state index contributed by atoms with van der Waals surface area (Å²) in [6.07, 6.45) is 9.68. The van der Waals surface area contributed by atoms with Gasteiger partial charge in [-0.25, -0.2) is 9.59 Å². The van der Waals surface area contributed by atoms with Gasteiger partial charge in [0, 0.05) is 30.5 Å². The van der Waals surface area contributed by atoms with Gasteiger partial charge >= 0.3 is 11.9 Å². The molecule has 1 aromatic carbocycles. The van der Waals surface area contributed by atoms with E-state index in [4.69, 9.17) is 25.4 Å². The van der Waals surface area contributed by atoms with E-state index in [1.54, 1.807) is 7.11 Å². The largest absolute Gasteiger partial charge is 0.493 e. The summed E-state index contributed by atoms with van der Waals surface area (Å²) in [6.45, 7) is 7.88. The number of fused-ring (bicyclic) bond motifs is 1. The molecule has 0 radical (unpaired) electrons. The molecule has 5 N–H and O–H groups in total. The second kappa shape index (κ2) is 16.3. The fraction of sp³-hybridized carbons (Fsp3) is 0.500. The Morgan fingerprint density at radius 3 is 2.43 bits per heavy atom. The Morgan fingerprint density at radius 2 is 1.86 bits per heavy atom. The standard InChI is InChI=1S/C22H35N3O2.C4H4O4/c1-5-6-7-8-14-27-22-19(26-4)15-18(25-17(3)10-9-12-23)21-20(22)16(2)11-13-24-21;5-3(6)1-2-4(7)8/h11,13,15,17,25H,5-10,12,14,23H2,1-4H3;1-2H,(H,5,6)(H,7,8)/b;2-1+. The van der Waals surface area contributed by atoms with E-state index in [1.165, 1.54) is 19.3 Å². The second-order valence-electron chi connectivity index (χ2n) is 8.20. The van der Waals surface area contributed by atoms with E-state index < -0.39 is 11.9 Å². The van der Waals surface area contributed by atoms with Crippen LogP contribution in [0.2, 0.25) is 0 Å². The summed E-state index contributed by atoms with van der Waals surface area (Å²) in [5.74, 6) is -0.961. The van der Waals surface area contributed by atoms with E-state index in [0.717, 1.165) is 52.9 Å². The van der Waals surface area contributed by atoms with E-state index in [-0.39, 0.29) is 0 Å². The first-order chi connectivity index (χ1) is 16.7. The molecule has 0 aliphatic carbocycles. The van der Waals surface area contributed by atoms with Gasteiger partial charge < -0.3 is 30.7 Å². The molecule has 0 aliphatic rings. The lowest BCUT2D eigenvalue weighted by molar-refractivity contribution is -0.134. The zero-order valence-corrected chi connectivity index (χ0v) is 21.2. The van der Waals surface area contributed by atoms with Crippen LogP contribution in [0.25, 0.3) is 10.9 Å². The predicted molar refractivity (Wildman–Crippen MR) is 138 cm³/mol. The van der Waals surface area contributed by atoms with Crippen molar-refractivity contribution in [3.8, 4) is 11.5 Å². The summed E-state index contributed by atoms with van der Waals surface area (Å²) in [5, 5.41) is 20.2. The third-order valence-corrected chi connectivity index (χ3v) is 5.22. The molecule has 9 nitrogen and oxygen atoms in total. The molecule has 0 saturated heterocycles. The smallest absolute Gasteiger partial charge is 0.328 e. The lowest BCUT2D eigenvalue weighted by atomic mass is 10.1. The molecule has 9 heteroatoms. The number of hydrogen-bond acceptors (Lipinski definition) is 7. The Bertz CT molecular complexity index is 961. The van der Waals surface area contributed by atoms with Gasteiger partial charge in [0.05, 0.1) is 30.3 Å². The second-order valence-corrected chi connectivity index (χ2v) is 8.20. The van der Waals surface area contributed by atoms with Crippen LogP contribution in [0.3, 0.4) is 0 Å². The van der Waals surface area contributed by atoms with Crippen molar-refractivity contribution in [2.75, 3.05) is 25.6 Å². The summed E-state index contributed by atoms with van der Waals surface area (Å²) >= 11 is 0. The first-order valence-electron chi connectivity index (χ1n) is 11.9. The van der Waals surface area contributed by atoms with Crippen molar-refractivity contribution in [1.29, 1.82) is 0 Å². The van der Waals surface area contributed by atoms with Gasteiger partial charge in [0.2, 0.25) is 0 Å². The van der Waals surface area contributed by atoms with Crippen LogP contribution in [-0.4, -0.2) is 53.4 Å². The average molecular weight is 490 g/mol. The number of aromatic nitrogens is 1. The lowest BCUT2D eigenvalue weighted by Crippen LogP contribution is -2.17. The average Bonchev–Trinajstić information content (AvgIpc) is 2.82. The van der Waals surface area contributed by atoms with Crippen LogP contribution in [0.15, 0.2) is 30.5 Å². The van der Waals surface area contributed by atoms with Gasteiger partial charge in [0.25, 0.3) is 0 Å². The molecule has 194 valence electrons. The van der Waals surface area contributed by atoms with Crippen LogP contribution in [0, 0.1) is 6.92 Å². The minimum atomic E-state index is -1.26. The van der Waals surface area contributed by atoms with Crippen LogP contribution in [0.4, 0.5) is 5.69 Å². The van der Waals surface area contributed by atoms with Gasteiger partial charge in [-0.05, 0) is 51.3 Å². The monoisotopic (exact) mass is 489 g/mol. The highest BCUT2D eigenvalue weighted by Gasteiger charge is 2.18. The van der Waals surface area contributed by atoms with Gasteiger partial charge in [-0.3, -0.25) is 4.98 Å². The predicted octanol–water partition coefficient (Wildman–Crippen LogP) is 4.76. The molecule has 0 saturated carbocycles. The van der Waals surface area contributed by atoms with Crippen LogP contribution in [0.1, 0.15) is 57.9 Å². The number of carboxylic acids is 2. The van der Waals surface area contributed by atoms with Crippen molar-refractivity contribution in [2.45, 2.75) is 65.3 Å². The number of carboxylic acid groups (broad SMARTS) is 2. The minimum absolute atomic E-state index is 0.310. The number of unbranched alkanes of at least 4 members (excludes halogenated alkanes) is 3. The summed E-state index contributed by atoms with van der Waals surface area (Å²) in [6, 6.07) is 4.34. The Labute approximate surface area is 207 Å². The number of carbonyl (C=O) groups is 2. The molecule has 1 heterocycles. The molecule has 0 fully saturated rings. The zero-order chi connectivity index (χ0) is 26.2. The number of rotatable bonds is 14. The number of benzene rings is 1. The van der Waals surface area contributed by atoms with Crippen molar-refractivity contribution < 1.29 is 29.3 Å². The van der Waals surface area contributed by atoms with Crippen LogP contribution < -0.4 is 20.5 Å². The first-order valence-corrected chi connectivity index (χ1v) is 11.9. The van der Waals surface area contributed by atoms with E-state index >= 15 is 0 Å². The first kappa shape index (κ1) is 29.7. The maximum atomic E-state index is 9.55. The third kappa shape index (κ3) is 10.6. The molecule has 0 bridgehead atoms. The summed E-state index contributed by atoms with van der Waals surface area (Å²) in [5.41, 5.74) is 8.69. The molecule has 1 unspecified atom stereocenters. The number of anilines is 1.